The molecule has 0 saturated heterocycles. The zero-order chi connectivity index (χ0) is 14.0. The second-order valence-corrected chi connectivity index (χ2v) is 6.39. The average molecular weight is 338 g/mol. The molecule has 1 N–H and O–H groups in total. The SMILES string of the molecule is O=S(=O)(Nc1cc(Cl)ccn1)c1c(Cl)cccc1Cl. The lowest BCUT2D eigenvalue weighted by Crippen LogP contribution is -2.14. The fourth-order valence-corrected chi connectivity index (χ4v) is 3.69. The van der Waals surface area contributed by atoms with Gasteiger partial charge in [0.1, 0.15) is 10.7 Å². The molecule has 100 valence electrons. The van der Waals surface area contributed by atoms with Crippen LogP contribution in [0.25, 0.3) is 0 Å². The Bertz CT molecular complexity index is 699. The maximum atomic E-state index is 12.2. The Morgan fingerprint density at radius 2 is 1.68 bits per heavy atom. The van der Waals surface area contributed by atoms with Gasteiger partial charge in [0.25, 0.3) is 10.0 Å². The fraction of sp³-hybridized carbons (Fsp3) is 0. The molecule has 4 nitrogen and oxygen atoms in total. The molecule has 0 spiro atoms. The third-order valence-corrected chi connectivity index (χ3v) is 4.69. The van der Waals surface area contributed by atoms with Crippen molar-refractivity contribution in [3.8, 4) is 0 Å². The molecule has 0 radical (unpaired) electrons. The summed E-state index contributed by atoms with van der Waals surface area (Å²) < 4.78 is 26.6. The molecule has 0 bridgehead atoms. The molecule has 0 atom stereocenters. The van der Waals surface area contributed by atoms with Crippen LogP contribution in [0, 0.1) is 0 Å². The zero-order valence-electron chi connectivity index (χ0n) is 9.27. The quantitative estimate of drug-likeness (QED) is 0.925. The molecule has 19 heavy (non-hydrogen) atoms. The molecule has 0 aliphatic rings. The van der Waals surface area contributed by atoms with Crippen LogP contribution in [-0.2, 0) is 10.0 Å². The number of aromatic nitrogens is 1. The number of anilines is 1. The number of sulfonamides is 1. The zero-order valence-corrected chi connectivity index (χ0v) is 12.4. The van der Waals surface area contributed by atoms with Crippen molar-refractivity contribution in [2.45, 2.75) is 4.90 Å². The van der Waals surface area contributed by atoms with Crippen molar-refractivity contribution in [2.75, 3.05) is 4.72 Å². The normalized spacial score (nSPS) is 11.3. The highest BCUT2D eigenvalue weighted by molar-refractivity contribution is 7.93. The third-order valence-electron chi connectivity index (χ3n) is 2.15. The van der Waals surface area contributed by atoms with Gasteiger partial charge in [-0.2, -0.15) is 0 Å². The number of hydrogen-bond acceptors (Lipinski definition) is 3. The van der Waals surface area contributed by atoms with E-state index in [0.717, 1.165) is 0 Å². The van der Waals surface area contributed by atoms with Crippen molar-refractivity contribution in [2.24, 2.45) is 0 Å². The van der Waals surface area contributed by atoms with Crippen LogP contribution in [0.2, 0.25) is 15.1 Å². The summed E-state index contributed by atoms with van der Waals surface area (Å²) in [7, 11) is -3.93. The molecule has 8 heteroatoms. The van der Waals surface area contributed by atoms with Crippen LogP contribution in [0.1, 0.15) is 0 Å². The van der Waals surface area contributed by atoms with E-state index in [0.29, 0.717) is 5.02 Å². The van der Waals surface area contributed by atoms with Crippen LogP contribution in [0.3, 0.4) is 0 Å². The number of benzene rings is 1. The first-order valence-corrected chi connectivity index (χ1v) is 7.60. The molecule has 1 heterocycles. The van der Waals surface area contributed by atoms with E-state index in [1.165, 1.54) is 30.5 Å². The molecule has 0 aliphatic carbocycles. The fourth-order valence-electron chi connectivity index (χ4n) is 1.39. The van der Waals surface area contributed by atoms with Crippen LogP contribution < -0.4 is 4.72 Å². The van der Waals surface area contributed by atoms with Gasteiger partial charge in [0, 0.05) is 17.3 Å². The minimum absolute atomic E-state index is 0.0297. The predicted molar refractivity (Wildman–Crippen MR) is 76.5 cm³/mol. The smallest absolute Gasteiger partial charge is 0.263 e. The Morgan fingerprint density at radius 3 is 2.26 bits per heavy atom. The second-order valence-electron chi connectivity index (χ2n) is 3.52. The number of hydrogen-bond donors (Lipinski definition) is 1. The van der Waals surface area contributed by atoms with Gasteiger partial charge < -0.3 is 0 Å². The van der Waals surface area contributed by atoms with E-state index >= 15 is 0 Å². The van der Waals surface area contributed by atoms with Crippen molar-refractivity contribution in [1.82, 2.24) is 4.98 Å². The molecule has 0 saturated carbocycles. The largest absolute Gasteiger partial charge is 0.266 e. The van der Waals surface area contributed by atoms with E-state index in [4.69, 9.17) is 34.8 Å². The Morgan fingerprint density at radius 1 is 1.05 bits per heavy atom. The lowest BCUT2D eigenvalue weighted by atomic mass is 10.4. The Labute approximate surface area is 125 Å². The van der Waals surface area contributed by atoms with Gasteiger partial charge in [-0.15, -0.1) is 0 Å². The number of pyridine rings is 1. The molecule has 0 amide bonds. The second kappa shape index (κ2) is 5.54. The number of rotatable bonds is 3. The van der Waals surface area contributed by atoms with Gasteiger partial charge >= 0.3 is 0 Å². The van der Waals surface area contributed by atoms with Crippen molar-refractivity contribution < 1.29 is 8.42 Å². The molecule has 2 rings (SSSR count). The van der Waals surface area contributed by atoms with Crippen molar-refractivity contribution >= 4 is 50.6 Å². The summed E-state index contributed by atoms with van der Waals surface area (Å²) in [5.41, 5.74) is 0. The molecular formula is C11H7Cl3N2O2S. The maximum absolute atomic E-state index is 12.2. The first kappa shape index (κ1) is 14.4. The van der Waals surface area contributed by atoms with Gasteiger partial charge in [-0.1, -0.05) is 40.9 Å². The minimum Gasteiger partial charge on any atom is -0.263 e. The highest BCUT2D eigenvalue weighted by atomic mass is 35.5. The molecule has 0 fully saturated rings. The van der Waals surface area contributed by atoms with E-state index < -0.39 is 10.0 Å². The van der Waals surface area contributed by atoms with E-state index in [1.807, 2.05) is 0 Å². The van der Waals surface area contributed by atoms with E-state index in [-0.39, 0.29) is 20.8 Å². The maximum Gasteiger partial charge on any atom is 0.266 e. The number of halogens is 3. The van der Waals surface area contributed by atoms with Gasteiger partial charge in [0.15, 0.2) is 0 Å². The Hall–Kier alpha value is -1.01. The molecular weight excluding hydrogens is 331 g/mol. The Balaban J connectivity index is 2.44. The summed E-state index contributed by atoms with van der Waals surface area (Å²) in [5, 5.41) is 0.419. The minimum atomic E-state index is -3.93. The van der Waals surface area contributed by atoms with Crippen molar-refractivity contribution in [3.05, 3.63) is 51.6 Å². The van der Waals surface area contributed by atoms with Gasteiger partial charge in [0.2, 0.25) is 0 Å². The van der Waals surface area contributed by atoms with E-state index in [9.17, 15) is 8.42 Å². The van der Waals surface area contributed by atoms with Gasteiger partial charge in [0.05, 0.1) is 10.0 Å². The topological polar surface area (TPSA) is 59.1 Å². The summed E-state index contributed by atoms with van der Waals surface area (Å²) in [6, 6.07) is 7.34. The highest BCUT2D eigenvalue weighted by Crippen LogP contribution is 2.30. The van der Waals surface area contributed by atoms with Crippen LogP contribution in [0.4, 0.5) is 5.82 Å². The highest BCUT2D eigenvalue weighted by Gasteiger charge is 2.22. The van der Waals surface area contributed by atoms with Crippen LogP contribution >= 0.6 is 34.8 Å². The predicted octanol–water partition coefficient (Wildman–Crippen LogP) is 3.84. The molecule has 2 aromatic rings. The van der Waals surface area contributed by atoms with Crippen LogP contribution in [0.5, 0.6) is 0 Å². The average Bonchev–Trinajstić information content (AvgIpc) is 2.27. The molecule has 1 aromatic heterocycles. The summed E-state index contributed by atoms with van der Waals surface area (Å²) >= 11 is 17.5. The third kappa shape index (κ3) is 3.30. The van der Waals surface area contributed by atoms with Gasteiger partial charge in [-0.3, -0.25) is 4.72 Å². The van der Waals surface area contributed by atoms with Crippen LogP contribution in [-0.4, -0.2) is 13.4 Å². The van der Waals surface area contributed by atoms with Crippen molar-refractivity contribution in [3.63, 3.8) is 0 Å². The summed E-state index contributed by atoms with van der Waals surface area (Å²) in [4.78, 5) is 3.65. The van der Waals surface area contributed by atoms with E-state index in [1.54, 1.807) is 6.07 Å². The monoisotopic (exact) mass is 336 g/mol. The lowest BCUT2D eigenvalue weighted by molar-refractivity contribution is 0.601. The Kier molecular flexibility index (Phi) is 4.20. The number of nitrogens with one attached hydrogen (secondary N) is 1. The summed E-state index contributed by atoms with van der Waals surface area (Å²) in [6.45, 7) is 0. The van der Waals surface area contributed by atoms with Crippen molar-refractivity contribution in [1.29, 1.82) is 0 Å². The molecule has 0 unspecified atom stereocenters. The van der Waals surface area contributed by atoms with Gasteiger partial charge in [-0.05, 0) is 18.2 Å². The molecule has 0 aliphatic heterocycles. The number of nitrogens with zero attached hydrogens (tertiary/aromatic N) is 1. The van der Waals surface area contributed by atoms with Crippen LogP contribution in [0.15, 0.2) is 41.4 Å². The van der Waals surface area contributed by atoms with Gasteiger partial charge in [-0.25, -0.2) is 13.4 Å². The first-order valence-electron chi connectivity index (χ1n) is 4.98. The standard InChI is InChI=1S/C11H7Cl3N2O2S/c12-7-4-5-15-10(6-7)16-19(17,18)11-8(13)2-1-3-9(11)14/h1-6H,(H,15,16). The summed E-state index contributed by atoms with van der Waals surface area (Å²) in [6.07, 6.45) is 1.38. The summed E-state index contributed by atoms with van der Waals surface area (Å²) in [5.74, 6) is 0.0866. The van der Waals surface area contributed by atoms with E-state index in [2.05, 4.69) is 9.71 Å². The first-order chi connectivity index (χ1) is 8.90. The lowest BCUT2D eigenvalue weighted by Gasteiger charge is -2.10. The molecule has 1 aromatic carbocycles.